The van der Waals surface area contributed by atoms with Crippen molar-refractivity contribution in [2.24, 2.45) is 10.7 Å². The quantitative estimate of drug-likeness (QED) is 0.454. The third kappa shape index (κ3) is 4.92. The van der Waals surface area contributed by atoms with Gasteiger partial charge in [-0.15, -0.1) is 0 Å². The number of rotatable bonds is 7. The fourth-order valence-electron chi connectivity index (χ4n) is 2.20. The Bertz CT molecular complexity index is 827. The van der Waals surface area contributed by atoms with Crippen LogP contribution in [0.25, 0.3) is 5.70 Å². The number of carbonyl (C=O) groups is 1. The molecule has 0 unspecified atom stereocenters. The highest BCUT2D eigenvalue weighted by atomic mass is 16.3. The Morgan fingerprint density at radius 1 is 1.27 bits per heavy atom. The number of nitrogens with two attached hydrogens (primary N) is 1. The van der Waals surface area contributed by atoms with E-state index in [9.17, 15) is 4.79 Å². The summed E-state index contributed by atoms with van der Waals surface area (Å²) in [5.41, 5.74) is 9.65. The Morgan fingerprint density at radius 3 is 2.46 bits per heavy atom. The number of hydrogen-bond acceptors (Lipinski definition) is 4. The van der Waals surface area contributed by atoms with Crippen molar-refractivity contribution in [3.05, 3.63) is 71.5 Å². The maximum atomic E-state index is 12.3. The number of oxazole rings is 1. The summed E-state index contributed by atoms with van der Waals surface area (Å²) in [5, 5.41) is 2.80. The predicted octanol–water partition coefficient (Wildman–Crippen LogP) is 3.22. The molecule has 1 heterocycles. The van der Waals surface area contributed by atoms with E-state index in [0.717, 1.165) is 17.6 Å². The summed E-state index contributed by atoms with van der Waals surface area (Å²) in [6, 6.07) is 8.07. The molecule has 1 aromatic carbocycles. The summed E-state index contributed by atoms with van der Waals surface area (Å²) in [7, 11) is 0. The molecular weight excluding hydrogens is 328 g/mol. The molecule has 0 saturated heterocycles. The second-order valence-electron chi connectivity index (χ2n) is 6.01. The lowest BCUT2D eigenvalue weighted by molar-refractivity contribution is -0.117. The minimum absolute atomic E-state index is 0.0261. The van der Waals surface area contributed by atoms with E-state index in [2.05, 4.69) is 28.8 Å². The zero-order valence-corrected chi connectivity index (χ0v) is 15.4. The van der Waals surface area contributed by atoms with Crippen LogP contribution in [0.3, 0.4) is 0 Å². The highest BCUT2D eigenvalue weighted by molar-refractivity contribution is 6.20. The number of amidine groups is 1. The van der Waals surface area contributed by atoms with Crippen LogP contribution in [0.5, 0.6) is 0 Å². The van der Waals surface area contributed by atoms with Crippen LogP contribution in [-0.2, 0) is 17.8 Å². The topological polar surface area (TPSA) is 93.5 Å². The molecule has 0 radical (unpaired) electrons. The molecule has 2 aromatic rings. The summed E-state index contributed by atoms with van der Waals surface area (Å²) in [4.78, 5) is 20.6. The van der Waals surface area contributed by atoms with Gasteiger partial charge in [0.15, 0.2) is 0 Å². The third-order valence-corrected chi connectivity index (χ3v) is 3.81. The fourth-order valence-corrected chi connectivity index (χ4v) is 2.20. The normalized spacial score (nSPS) is 11.1. The number of allylic oxidation sites excluding steroid dienone is 1. The van der Waals surface area contributed by atoms with E-state index >= 15 is 0 Å². The Labute approximate surface area is 153 Å². The summed E-state index contributed by atoms with van der Waals surface area (Å²) < 4.78 is 5.26. The largest absolute Gasteiger partial charge is 0.443 e. The van der Waals surface area contributed by atoms with Gasteiger partial charge in [0.1, 0.15) is 17.8 Å². The number of benzene rings is 1. The zero-order chi connectivity index (χ0) is 19.1. The van der Waals surface area contributed by atoms with Crippen LogP contribution >= 0.6 is 0 Å². The molecule has 0 atom stereocenters. The molecule has 0 spiro atoms. The number of aryl methyl sites for hydroxylation is 1. The van der Waals surface area contributed by atoms with Gasteiger partial charge >= 0.3 is 0 Å². The van der Waals surface area contributed by atoms with E-state index in [1.165, 1.54) is 18.0 Å². The molecule has 0 aliphatic heterocycles. The number of nitrogens with one attached hydrogen (secondary N) is 1. The van der Waals surface area contributed by atoms with Gasteiger partial charge in [-0.2, -0.15) is 0 Å². The number of amides is 1. The lowest BCUT2D eigenvalue weighted by Gasteiger charge is -2.09. The van der Waals surface area contributed by atoms with E-state index in [0.29, 0.717) is 18.1 Å². The Hall–Kier alpha value is -3.15. The first kappa shape index (κ1) is 19.2. The van der Waals surface area contributed by atoms with Gasteiger partial charge in [0.2, 0.25) is 5.89 Å². The van der Waals surface area contributed by atoms with E-state index in [1.54, 1.807) is 0 Å². The molecule has 1 aromatic heterocycles. The van der Waals surface area contributed by atoms with Gasteiger partial charge in [-0.3, -0.25) is 4.79 Å². The summed E-state index contributed by atoms with van der Waals surface area (Å²) >= 11 is 0. The van der Waals surface area contributed by atoms with Gasteiger partial charge in [0.05, 0.1) is 11.8 Å². The van der Waals surface area contributed by atoms with Gasteiger partial charge in [-0.05, 0) is 37.0 Å². The van der Waals surface area contributed by atoms with Gasteiger partial charge < -0.3 is 15.5 Å². The van der Waals surface area contributed by atoms with Gasteiger partial charge in [0, 0.05) is 6.54 Å². The van der Waals surface area contributed by atoms with Crippen LogP contribution in [0.4, 0.5) is 0 Å². The van der Waals surface area contributed by atoms with E-state index < -0.39 is 0 Å². The van der Waals surface area contributed by atoms with Crippen LogP contribution in [-0.4, -0.2) is 16.7 Å². The summed E-state index contributed by atoms with van der Waals surface area (Å²) in [6.07, 6.45) is 3.96. The van der Waals surface area contributed by atoms with Crippen LogP contribution in [0.2, 0.25) is 0 Å². The molecule has 0 fully saturated rings. The van der Waals surface area contributed by atoms with Crippen molar-refractivity contribution in [3.8, 4) is 0 Å². The third-order valence-electron chi connectivity index (χ3n) is 3.81. The molecule has 0 aliphatic rings. The van der Waals surface area contributed by atoms with Crippen LogP contribution in [0.15, 0.2) is 63.9 Å². The Balaban J connectivity index is 2.04. The summed E-state index contributed by atoms with van der Waals surface area (Å²) in [6.45, 7) is 9.96. The molecule has 6 nitrogen and oxygen atoms in total. The molecule has 0 bridgehead atoms. The predicted molar refractivity (Wildman–Crippen MR) is 103 cm³/mol. The Morgan fingerprint density at radius 2 is 1.92 bits per heavy atom. The number of hydrogen-bond donors (Lipinski definition) is 2. The molecule has 136 valence electrons. The standard InChI is InChI=1S/C20H24N4O2/c1-5-15-6-8-16(9-7-15)12-23-19(25)14(4)18(21)24-17(13(2)3)20-22-10-11-26-20/h6-11H,4-5,12H2,1-3H3,(H2,21,24)(H,23,25). The molecular formula is C20H24N4O2. The molecule has 26 heavy (non-hydrogen) atoms. The van der Waals surface area contributed by atoms with Crippen molar-refractivity contribution in [1.29, 1.82) is 0 Å². The smallest absolute Gasteiger partial charge is 0.254 e. The molecule has 6 heteroatoms. The van der Waals surface area contributed by atoms with Crippen LogP contribution in [0.1, 0.15) is 37.8 Å². The van der Waals surface area contributed by atoms with Crippen molar-refractivity contribution in [2.45, 2.75) is 33.7 Å². The van der Waals surface area contributed by atoms with Crippen molar-refractivity contribution < 1.29 is 9.21 Å². The molecule has 2 rings (SSSR count). The van der Waals surface area contributed by atoms with Crippen molar-refractivity contribution in [3.63, 3.8) is 0 Å². The zero-order valence-electron chi connectivity index (χ0n) is 15.4. The van der Waals surface area contributed by atoms with Gasteiger partial charge in [-0.1, -0.05) is 37.8 Å². The average molecular weight is 352 g/mol. The maximum absolute atomic E-state index is 12.3. The lowest BCUT2D eigenvalue weighted by atomic mass is 10.1. The van der Waals surface area contributed by atoms with Gasteiger partial charge in [0.25, 0.3) is 5.91 Å². The number of nitrogens with zero attached hydrogens (tertiary/aromatic N) is 2. The second kappa shape index (κ2) is 8.80. The van der Waals surface area contributed by atoms with E-state index in [-0.39, 0.29) is 17.3 Å². The molecule has 0 saturated carbocycles. The number of aliphatic imine (C=N–C) groups is 1. The second-order valence-corrected chi connectivity index (χ2v) is 6.01. The first-order chi connectivity index (χ1) is 12.4. The minimum Gasteiger partial charge on any atom is -0.443 e. The fraction of sp³-hybridized carbons (Fsp3) is 0.250. The van der Waals surface area contributed by atoms with E-state index in [4.69, 9.17) is 10.2 Å². The average Bonchev–Trinajstić information content (AvgIpc) is 3.17. The highest BCUT2D eigenvalue weighted by Gasteiger charge is 2.14. The Kier molecular flexibility index (Phi) is 6.49. The molecule has 3 N–H and O–H groups in total. The number of aromatic nitrogens is 1. The van der Waals surface area contributed by atoms with E-state index in [1.807, 2.05) is 38.1 Å². The van der Waals surface area contributed by atoms with Gasteiger partial charge in [-0.25, -0.2) is 9.98 Å². The molecule has 1 amide bonds. The first-order valence-electron chi connectivity index (χ1n) is 8.39. The maximum Gasteiger partial charge on any atom is 0.254 e. The monoisotopic (exact) mass is 352 g/mol. The highest BCUT2D eigenvalue weighted by Crippen LogP contribution is 2.18. The number of carbonyl (C=O) groups excluding carboxylic acids is 1. The summed E-state index contributed by atoms with van der Waals surface area (Å²) in [5.74, 6) is 0.00160. The van der Waals surface area contributed by atoms with Crippen LogP contribution < -0.4 is 11.1 Å². The lowest BCUT2D eigenvalue weighted by Crippen LogP contribution is -2.30. The SMILES string of the molecule is C=C(C(=O)NCc1ccc(CC)cc1)C(N)=NC(=C(C)C)c1ncco1. The van der Waals surface area contributed by atoms with Crippen molar-refractivity contribution >= 4 is 17.4 Å². The molecule has 0 aliphatic carbocycles. The van der Waals surface area contributed by atoms with Crippen molar-refractivity contribution in [2.75, 3.05) is 0 Å². The first-order valence-corrected chi connectivity index (χ1v) is 8.39. The minimum atomic E-state index is -0.369. The van der Waals surface area contributed by atoms with Crippen LogP contribution in [0, 0.1) is 0 Å². The van der Waals surface area contributed by atoms with Crippen molar-refractivity contribution in [1.82, 2.24) is 10.3 Å².